The number of anilines is 1. The molecule has 0 radical (unpaired) electrons. The van der Waals surface area contributed by atoms with Gasteiger partial charge in [-0.05, 0) is 18.2 Å². The number of carbonyl (C=O) groups excluding carboxylic acids is 1. The molecule has 14 heavy (non-hydrogen) atoms. The van der Waals surface area contributed by atoms with Gasteiger partial charge in [-0.2, -0.15) is 0 Å². The summed E-state index contributed by atoms with van der Waals surface area (Å²) in [6, 6.07) is 4.00. The molecule has 0 aromatic heterocycles. The Bertz CT molecular complexity index is 429. The Morgan fingerprint density at radius 3 is 3.00 bits per heavy atom. The molecular weight excluding hydrogens is 187 g/mol. The van der Waals surface area contributed by atoms with Crippen molar-refractivity contribution in [1.82, 2.24) is 0 Å². The highest BCUT2D eigenvalue weighted by Crippen LogP contribution is 2.23. The van der Waals surface area contributed by atoms with Crippen LogP contribution in [-0.4, -0.2) is 18.7 Å². The maximum atomic E-state index is 12.9. The Kier molecular flexibility index (Phi) is 1.92. The van der Waals surface area contributed by atoms with Crippen LogP contribution in [0.1, 0.15) is 5.56 Å². The van der Waals surface area contributed by atoms with E-state index in [1.807, 2.05) is 0 Å². The van der Waals surface area contributed by atoms with Crippen LogP contribution in [0.3, 0.4) is 0 Å². The average molecular weight is 194 g/mol. The predicted octanol–water partition coefficient (Wildman–Crippen LogP) is 1.13. The maximum Gasteiger partial charge on any atom is 0.278 e. The molecule has 1 aromatic rings. The summed E-state index contributed by atoms with van der Waals surface area (Å²) in [6.45, 7) is 0. The molecule has 1 aliphatic heterocycles. The molecule has 1 amide bonds. The van der Waals surface area contributed by atoms with Gasteiger partial charge in [-0.3, -0.25) is 4.79 Å². The highest BCUT2D eigenvalue weighted by Gasteiger charge is 2.26. The van der Waals surface area contributed by atoms with Crippen LogP contribution < -0.4 is 5.32 Å². The largest absolute Gasteiger partial charge is 0.398 e. The van der Waals surface area contributed by atoms with Crippen molar-refractivity contribution >= 4 is 17.3 Å². The van der Waals surface area contributed by atoms with Gasteiger partial charge < -0.3 is 10.2 Å². The molecule has 0 unspecified atom stereocenters. The molecule has 0 aliphatic carbocycles. The van der Waals surface area contributed by atoms with Gasteiger partial charge in [0.05, 0.1) is 5.69 Å². The van der Waals surface area contributed by atoms with E-state index in [2.05, 4.69) is 15.3 Å². The van der Waals surface area contributed by atoms with Crippen LogP contribution in [0, 0.1) is 5.82 Å². The van der Waals surface area contributed by atoms with Gasteiger partial charge in [0.15, 0.2) is 5.71 Å². The Hall–Kier alpha value is -1.91. The van der Waals surface area contributed by atoms with Crippen LogP contribution >= 0.6 is 0 Å². The first kappa shape index (κ1) is 8.68. The van der Waals surface area contributed by atoms with Crippen molar-refractivity contribution < 1.29 is 14.0 Å². The van der Waals surface area contributed by atoms with Crippen molar-refractivity contribution in [2.24, 2.45) is 5.16 Å². The SMILES string of the molecule is CON=C1C(=O)Nc2ccc(F)cc21. The fraction of sp³-hybridized carbons (Fsp3) is 0.111. The lowest BCUT2D eigenvalue weighted by Crippen LogP contribution is -2.14. The maximum absolute atomic E-state index is 12.9. The number of rotatable bonds is 1. The standard InChI is InChI=1S/C9H7FN2O2/c1-14-12-8-6-4-5(10)2-3-7(6)11-9(8)13/h2-4H,1H3,(H,11,12,13). The predicted molar refractivity (Wildman–Crippen MR) is 48.6 cm³/mol. The van der Waals surface area contributed by atoms with Crippen molar-refractivity contribution in [2.45, 2.75) is 0 Å². The van der Waals surface area contributed by atoms with Crippen LogP contribution in [0.4, 0.5) is 10.1 Å². The monoisotopic (exact) mass is 194 g/mol. The van der Waals surface area contributed by atoms with Gasteiger partial charge in [0, 0.05) is 5.56 Å². The molecule has 0 bridgehead atoms. The van der Waals surface area contributed by atoms with E-state index in [-0.39, 0.29) is 11.6 Å². The van der Waals surface area contributed by atoms with Crippen LogP contribution in [0.2, 0.25) is 0 Å². The minimum absolute atomic E-state index is 0.0991. The lowest BCUT2D eigenvalue weighted by atomic mass is 10.1. The van der Waals surface area contributed by atoms with E-state index in [0.717, 1.165) is 0 Å². The molecule has 0 saturated heterocycles. The average Bonchev–Trinajstić information content (AvgIpc) is 2.45. The number of halogens is 1. The zero-order valence-electron chi connectivity index (χ0n) is 7.37. The summed E-state index contributed by atoms with van der Waals surface area (Å²) in [5.41, 5.74) is 1.08. The molecule has 5 heteroatoms. The van der Waals surface area contributed by atoms with E-state index in [9.17, 15) is 9.18 Å². The molecule has 72 valence electrons. The fourth-order valence-electron chi connectivity index (χ4n) is 1.31. The summed E-state index contributed by atoms with van der Waals surface area (Å²) in [5.74, 6) is -0.795. The van der Waals surface area contributed by atoms with Crippen molar-refractivity contribution in [3.8, 4) is 0 Å². The first-order chi connectivity index (χ1) is 6.72. The quantitative estimate of drug-likeness (QED) is 0.681. The number of nitrogens with zero attached hydrogens (tertiary/aromatic N) is 1. The lowest BCUT2D eigenvalue weighted by Gasteiger charge is -1.96. The Labute approximate surface area is 79.4 Å². The molecule has 0 atom stereocenters. The van der Waals surface area contributed by atoms with Gasteiger partial charge in [0.2, 0.25) is 0 Å². The third kappa shape index (κ3) is 1.22. The molecular formula is C9H7FN2O2. The van der Waals surface area contributed by atoms with E-state index in [1.165, 1.54) is 25.3 Å². The Balaban J connectivity index is 2.55. The van der Waals surface area contributed by atoms with Crippen molar-refractivity contribution in [3.63, 3.8) is 0 Å². The third-order valence-corrected chi connectivity index (χ3v) is 1.88. The second-order valence-corrected chi connectivity index (χ2v) is 2.77. The first-order valence-corrected chi connectivity index (χ1v) is 3.95. The molecule has 1 N–H and O–H groups in total. The molecule has 0 saturated carbocycles. The molecule has 1 aromatic carbocycles. The first-order valence-electron chi connectivity index (χ1n) is 3.95. The number of oxime groups is 1. The number of hydrogen-bond acceptors (Lipinski definition) is 3. The summed E-state index contributed by atoms with van der Waals surface area (Å²) in [4.78, 5) is 15.8. The number of nitrogens with one attached hydrogen (secondary N) is 1. The number of amides is 1. The topological polar surface area (TPSA) is 50.7 Å². The lowest BCUT2D eigenvalue weighted by molar-refractivity contribution is -0.110. The normalized spacial score (nSPS) is 16.7. The number of fused-ring (bicyclic) bond motifs is 1. The molecule has 0 fully saturated rings. The minimum atomic E-state index is -0.413. The second-order valence-electron chi connectivity index (χ2n) is 2.77. The molecule has 4 nitrogen and oxygen atoms in total. The third-order valence-electron chi connectivity index (χ3n) is 1.88. The highest BCUT2D eigenvalue weighted by atomic mass is 19.1. The smallest absolute Gasteiger partial charge is 0.278 e. The van der Waals surface area contributed by atoms with E-state index in [1.54, 1.807) is 0 Å². The van der Waals surface area contributed by atoms with Gasteiger partial charge in [0.1, 0.15) is 12.9 Å². The van der Waals surface area contributed by atoms with E-state index >= 15 is 0 Å². The molecule has 2 rings (SSSR count). The number of benzene rings is 1. The molecule has 1 aliphatic rings. The zero-order chi connectivity index (χ0) is 10.1. The summed E-state index contributed by atoms with van der Waals surface area (Å²) in [6.07, 6.45) is 0. The van der Waals surface area contributed by atoms with Gasteiger partial charge in [0.25, 0.3) is 5.91 Å². The summed E-state index contributed by atoms with van der Waals surface area (Å²) < 4.78 is 12.9. The van der Waals surface area contributed by atoms with Gasteiger partial charge >= 0.3 is 0 Å². The van der Waals surface area contributed by atoms with Crippen molar-refractivity contribution in [3.05, 3.63) is 29.6 Å². The highest BCUT2D eigenvalue weighted by molar-refractivity contribution is 6.53. The van der Waals surface area contributed by atoms with Crippen LogP contribution in [0.15, 0.2) is 23.4 Å². The van der Waals surface area contributed by atoms with E-state index < -0.39 is 5.82 Å². The summed E-state index contributed by atoms with van der Waals surface area (Å²) >= 11 is 0. The second kappa shape index (κ2) is 3.10. The fourth-order valence-corrected chi connectivity index (χ4v) is 1.31. The Morgan fingerprint density at radius 1 is 1.50 bits per heavy atom. The zero-order valence-corrected chi connectivity index (χ0v) is 7.37. The van der Waals surface area contributed by atoms with Gasteiger partial charge in [-0.25, -0.2) is 4.39 Å². The molecule has 0 spiro atoms. The van der Waals surface area contributed by atoms with Crippen molar-refractivity contribution in [2.75, 3.05) is 12.4 Å². The van der Waals surface area contributed by atoms with Crippen LogP contribution in [-0.2, 0) is 9.63 Å². The van der Waals surface area contributed by atoms with Gasteiger partial charge in [-0.15, -0.1) is 0 Å². The summed E-state index contributed by atoms with van der Waals surface area (Å²) in [7, 11) is 1.33. The van der Waals surface area contributed by atoms with Gasteiger partial charge in [-0.1, -0.05) is 5.16 Å². The van der Waals surface area contributed by atoms with E-state index in [0.29, 0.717) is 11.3 Å². The van der Waals surface area contributed by atoms with Crippen LogP contribution in [0.5, 0.6) is 0 Å². The van der Waals surface area contributed by atoms with Crippen LogP contribution in [0.25, 0.3) is 0 Å². The number of hydrogen-bond donors (Lipinski definition) is 1. The van der Waals surface area contributed by atoms with E-state index in [4.69, 9.17) is 0 Å². The Morgan fingerprint density at radius 2 is 2.29 bits per heavy atom. The minimum Gasteiger partial charge on any atom is -0.398 e. The molecule has 1 heterocycles. The van der Waals surface area contributed by atoms with Crippen molar-refractivity contribution in [1.29, 1.82) is 0 Å². The number of carbonyl (C=O) groups is 1. The summed E-state index contributed by atoms with van der Waals surface area (Å²) in [5, 5.41) is 6.07.